The molecular weight excluding hydrogens is 430 g/mol. The van der Waals surface area contributed by atoms with Crippen molar-refractivity contribution in [2.24, 2.45) is 4.99 Å². The van der Waals surface area contributed by atoms with Gasteiger partial charge in [0.1, 0.15) is 0 Å². The van der Waals surface area contributed by atoms with Crippen LogP contribution in [0.2, 0.25) is 0 Å². The first-order valence-electron chi connectivity index (χ1n) is 10.4. The Morgan fingerprint density at radius 3 is 2.50 bits per heavy atom. The van der Waals surface area contributed by atoms with Crippen molar-refractivity contribution in [2.45, 2.75) is 45.7 Å². The second-order valence-corrected chi connectivity index (χ2v) is 8.45. The van der Waals surface area contributed by atoms with Gasteiger partial charge in [0.05, 0.1) is 45.1 Å². The highest BCUT2D eigenvalue weighted by Crippen LogP contribution is 2.46. The van der Waals surface area contributed by atoms with Crippen molar-refractivity contribution in [1.29, 1.82) is 0 Å². The van der Waals surface area contributed by atoms with Gasteiger partial charge in [-0.1, -0.05) is 24.8 Å². The van der Waals surface area contributed by atoms with Crippen LogP contribution in [-0.4, -0.2) is 49.3 Å². The minimum atomic E-state index is -0.516. The number of carbonyl (C=O) groups excluding carboxylic acids is 2. The average molecular weight is 460 g/mol. The molecule has 0 radical (unpaired) electrons. The number of thioether (sulfide) groups is 1. The lowest BCUT2D eigenvalue weighted by Gasteiger charge is -2.36. The number of aliphatic imine (C=N–C) groups is 1. The summed E-state index contributed by atoms with van der Waals surface area (Å²) in [5.74, 6) is 0.589. The molecule has 2 aliphatic heterocycles. The number of esters is 1. The lowest BCUT2D eigenvalue weighted by Crippen LogP contribution is -2.38. The molecule has 32 heavy (non-hydrogen) atoms. The predicted molar refractivity (Wildman–Crippen MR) is 124 cm³/mol. The first kappa shape index (κ1) is 23.7. The fraction of sp³-hybridized carbons (Fsp3) is 0.435. The molecule has 3 rings (SSSR count). The third-order valence-electron chi connectivity index (χ3n) is 5.14. The maximum absolute atomic E-state index is 12.9. The summed E-state index contributed by atoms with van der Waals surface area (Å²) in [6.07, 6.45) is 0.735. The minimum Gasteiger partial charge on any atom is -0.493 e. The third-order valence-corrected chi connectivity index (χ3v) is 6.03. The number of methoxy groups -OCH3 is 3. The van der Waals surface area contributed by atoms with Crippen LogP contribution in [-0.2, 0) is 14.3 Å². The lowest BCUT2D eigenvalue weighted by atomic mass is 9.92. The molecule has 9 heteroatoms. The predicted octanol–water partition coefficient (Wildman–Crippen LogP) is 3.76. The number of hydrogen-bond donors (Lipinski definition) is 1. The van der Waals surface area contributed by atoms with Crippen LogP contribution in [0.4, 0.5) is 0 Å². The summed E-state index contributed by atoms with van der Waals surface area (Å²) in [6, 6.07) is 5.05. The number of ether oxygens (including phenoxy) is 3. The van der Waals surface area contributed by atoms with Gasteiger partial charge < -0.3 is 24.4 Å². The van der Waals surface area contributed by atoms with E-state index in [2.05, 4.69) is 5.32 Å². The fourth-order valence-corrected chi connectivity index (χ4v) is 4.73. The smallest absolute Gasteiger partial charge is 0.338 e. The number of hydrogen-bond acceptors (Lipinski definition) is 8. The van der Waals surface area contributed by atoms with E-state index in [1.165, 1.54) is 18.9 Å². The highest BCUT2D eigenvalue weighted by atomic mass is 32.2. The Kier molecular flexibility index (Phi) is 7.50. The van der Waals surface area contributed by atoms with Crippen LogP contribution < -0.4 is 14.8 Å². The van der Waals surface area contributed by atoms with E-state index in [0.29, 0.717) is 29.2 Å². The van der Waals surface area contributed by atoms with Crippen LogP contribution in [0.1, 0.15) is 45.2 Å². The number of fused-ring (bicyclic) bond motifs is 1. The Bertz CT molecular complexity index is 999. The molecular formula is C23H29N3O5S. The topological polar surface area (TPSA) is 89.5 Å². The molecule has 0 aromatic heterocycles. The summed E-state index contributed by atoms with van der Waals surface area (Å²) in [7, 11) is 4.50. The van der Waals surface area contributed by atoms with Crippen LogP contribution in [0.25, 0.3) is 0 Å². The first-order chi connectivity index (χ1) is 15.3. The normalized spacial score (nSPS) is 17.6. The molecule has 0 saturated heterocycles. The second kappa shape index (κ2) is 10.1. The number of nitrogens with one attached hydrogen (secondary N) is 1. The van der Waals surface area contributed by atoms with Gasteiger partial charge in [-0.15, -0.1) is 0 Å². The number of carbonyl (C=O) groups is 2. The van der Waals surface area contributed by atoms with Crippen molar-refractivity contribution < 1.29 is 23.8 Å². The Morgan fingerprint density at radius 2 is 1.91 bits per heavy atom. The van der Waals surface area contributed by atoms with E-state index in [0.717, 1.165) is 16.4 Å². The Balaban J connectivity index is 2.12. The number of rotatable bonds is 8. The largest absolute Gasteiger partial charge is 0.493 e. The molecule has 0 saturated carbocycles. The molecule has 2 heterocycles. The Morgan fingerprint density at radius 1 is 1.19 bits per heavy atom. The molecule has 1 aromatic carbocycles. The van der Waals surface area contributed by atoms with Crippen LogP contribution in [0.5, 0.6) is 11.5 Å². The summed E-state index contributed by atoms with van der Waals surface area (Å²) in [6.45, 7) is 5.79. The molecule has 0 aliphatic carbocycles. The zero-order valence-corrected chi connectivity index (χ0v) is 20.0. The standard InChI is InChI=1S/C23H29N3O5S/c1-7-16-20(22(28)31-6)21(14-8-9-17(29-4)18(10-14)30-5)26-15(12-32-23(26)25-16)11-19(27)24-13(2)3/h8-10,12-13,21H,7,11H2,1-6H3,(H,24,27). The summed E-state index contributed by atoms with van der Waals surface area (Å²) in [5.41, 5.74) is 2.68. The monoisotopic (exact) mass is 459 g/mol. The van der Waals surface area contributed by atoms with E-state index in [1.54, 1.807) is 20.3 Å². The van der Waals surface area contributed by atoms with Crippen molar-refractivity contribution in [3.8, 4) is 11.5 Å². The first-order valence-corrected chi connectivity index (χ1v) is 11.3. The van der Waals surface area contributed by atoms with Gasteiger partial charge in [0.15, 0.2) is 16.7 Å². The maximum atomic E-state index is 12.9. The highest BCUT2D eigenvalue weighted by molar-refractivity contribution is 8.16. The van der Waals surface area contributed by atoms with Crippen LogP contribution >= 0.6 is 11.8 Å². The zero-order chi connectivity index (χ0) is 23.4. The van der Waals surface area contributed by atoms with E-state index < -0.39 is 12.0 Å². The quantitative estimate of drug-likeness (QED) is 0.592. The van der Waals surface area contributed by atoms with Gasteiger partial charge in [-0.3, -0.25) is 4.79 Å². The SMILES string of the molecule is CCC1=C(C(=O)OC)C(c2ccc(OC)c(OC)c2)N2C(CC(=O)NC(C)C)=CSC2=N1. The molecule has 2 aliphatic rings. The molecule has 1 unspecified atom stereocenters. The average Bonchev–Trinajstić information content (AvgIpc) is 3.18. The van der Waals surface area contributed by atoms with E-state index >= 15 is 0 Å². The van der Waals surface area contributed by atoms with E-state index in [1.807, 2.05) is 43.2 Å². The second-order valence-electron chi connectivity index (χ2n) is 7.61. The molecule has 0 fully saturated rings. The van der Waals surface area contributed by atoms with Gasteiger partial charge in [0.25, 0.3) is 0 Å². The van der Waals surface area contributed by atoms with Gasteiger partial charge in [-0.2, -0.15) is 0 Å². The molecule has 8 nitrogen and oxygen atoms in total. The fourth-order valence-electron chi connectivity index (χ4n) is 3.79. The number of amides is 1. The third kappa shape index (κ3) is 4.62. The molecule has 1 amide bonds. The highest BCUT2D eigenvalue weighted by Gasteiger charge is 2.41. The van der Waals surface area contributed by atoms with Gasteiger partial charge in [0, 0.05) is 11.7 Å². The van der Waals surface area contributed by atoms with Crippen molar-refractivity contribution in [1.82, 2.24) is 10.2 Å². The molecule has 172 valence electrons. The molecule has 0 bridgehead atoms. The van der Waals surface area contributed by atoms with E-state index in [4.69, 9.17) is 19.2 Å². The van der Waals surface area contributed by atoms with Gasteiger partial charge in [-0.25, -0.2) is 9.79 Å². The summed E-state index contributed by atoms with van der Waals surface area (Å²) in [4.78, 5) is 32.1. The summed E-state index contributed by atoms with van der Waals surface area (Å²) < 4.78 is 16.0. The zero-order valence-electron chi connectivity index (χ0n) is 19.2. The van der Waals surface area contributed by atoms with Crippen molar-refractivity contribution in [2.75, 3.05) is 21.3 Å². The minimum absolute atomic E-state index is 0.0329. The van der Waals surface area contributed by atoms with Gasteiger partial charge in [0.2, 0.25) is 5.91 Å². The van der Waals surface area contributed by atoms with Crippen molar-refractivity contribution in [3.05, 3.63) is 46.1 Å². The van der Waals surface area contributed by atoms with E-state index in [-0.39, 0.29) is 18.4 Å². The maximum Gasteiger partial charge on any atom is 0.338 e. The molecule has 0 spiro atoms. The number of amidine groups is 1. The van der Waals surface area contributed by atoms with Crippen LogP contribution in [0.3, 0.4) is 0 Å². The van der Waals surface area contributed by atoms with Gasteiger partial charge in [-0.05, 0) is 43.4 Å². The summed E-state index contributed by atoms with van der Waals surface area (Å²) >= 11 is 1.44. The molecule has 1 aromatic rings. The van der Waals surface area contributed by atoms with Gasteiger partial charge >= 0.3 is 5.97 Å². The van der Waals surface area contributed by atoms with Crippen molar-refractivity contribution in [3.63, 3.8) is 0 Å². The van der Waals surface area contributed by atoms with Crippen LogP contribution in [0, 0.1) is 0 Å². The Labute approximate surface area is 192 Å². The van der Waals surface area contributed by atoms with E-state index in [9.17, 15) is 9.59 Å². The number of nitrogens with zero attached hydrogens (tertiary/aromatic N) is 2. The number of benzene rings is 1. The Hall–Kier alpha value is -2.94. The molecule has 1 atom stereocenters. The summed E-state index contributed by atoms with van der Waals surface area (Å²) in [5, 5.41) is 5.56. The molecule has 1 N–H and O–H groups in total. The number of allylic oxidation sites excluding steroid dienone is 1. The lowest BCUT2D eigenvalue weighted by molar-refractivity contribution is -0.136. The van der Waals surface area contributed by atoms with Crippen LogP contribution in [0.15, 0.2) is 45.6 Å². The van der Waals surface area contributed by atoms with Crippen molar-refractivity contribution >= 4 is 28.8 Å².